The van der Waals surface area contributed by atoms with Crippen LogP contribution >= 0.6 is 0 Å². The molecule has 1 heterocycles. The molecule has 0 fully saturated rings. The van der Waals surface area contributed by atoms with Crippen molar-refractivity contribution >= 4 is 28.9 Å². The van der Waals surface area contributed by atoms with Crippen LogP contribution in [0.25, 0.3) is 0 Å². The summed E-state index contributed by atoms with van der Waals surface area (Å²) in [5.74, 6) is -0.402. The predicted octanol–water partition coefficient (Wildman–Crippen LogP) is 6.00. The number of nitro benzene ring substituents is 1. The summed E-state index contributed by atoms with van der Waals surface area (Å²) >= 11 is 0. The zero-order valence-corrected chi connectivity index (χ0v) is 20.6. The van der Waals surface area contributed by atoms with Gasteiger partial charge < -0.3 is 10.2 Å². The number of fused-ring (bicyclic) bond motifs is 1. The molecular weight excluding hydrogens is 442 g/mol. The maximum absolute atomic E-state index is 12.9. The predicted molar refractivity (Wildman–Crippen MR) is 137 cm³/mol. The van der Waals surface area contributed by atoms with E-state index in [9.17, 15) is 19.7 Å². The zero-order chi connectivity index (χ0) is 25.5. The van der Waals surface area contributed by atoms with Crippen molar-refractivity contribution in [1.82, 2.24) is 0 Å². The average Bonchev–Trinajstić information content (AvgIpc) is 2.79. The van der Waals surface area contributed by atoms with Crippen LogP contribution in [0, 0.1) is 17.0 Å². The van der Waals surface area contributed by atoms with E-state index in [-0.39, 0.29) is 17.5 Å². The van der Waals surface area contributed by atoms with Gasteiger partial charge in [0.05, 0.1) is 4.92 Å². The van der Waals surface area contributed by atoms with Gasteiger partial charge in [0, 0.05) is 46.9 Å². The lowest BCUT2D eigenvalue weighted by Gasteiger charge is -2.51. The summed E-state index contributed by atoms with van der Waals surface area (Å²) in [7, 11) is 0. The average molecular weight is 472 g/mol. The van der Waals surface area contributed by atoms with Crippen LogP contribution in [0.4, 0.5) is 17.1 Å². The fraction of sp³-hybridized carbons (Fsp3) is 0.286. The van der Waals surface area contributed by atoms with E-state index in [0.29, 0.717) is 17.7 Å². The first-order chi connectivity index (χ1) is 16.4. The molecule has 7 nitrogen and oxygen atoms in total. The summed E-state index contributed by atoms with van der Waals surface area (Å²) in [5, 5.41) is 13.8. The Morgan fingerprint density at radius 1 is 0.971 bits per heavy atom. The quantitative estimate of drug-likeness (QED) is 0.373. The molecule has 0 bridgehead atoms. The molecule has 0 radical (unpaired) electrons. The summed E-state index contributed by atoms with van der Waals surface area (Å²) in [6.45, 7) is 9.96. The summed E-state index contributed by atoms with van der Waals surface area (Å²) < 4.78 is 0. The maximum atomic E-state index is 12.9. The van der Waals surface area contributed by atoms with Crippen LogP contribution in [0.3, 0.4) is 0 Å². The molecule has 1 atom stereocenters. The van der Waals surface area contributed by atoms with Crippen molar-refractivity contribution in [1.29, 1.82) is 0 Å². The molecule has 0 saturated carbocycles. The Bertz CT molecular complexity index is 1310. The van der Waals surface area contributed by atoms with Gasteiger partial charge in [-0.15, -0.1) is 0 Å². The highest BCUT2D eigenvalue weighted by molar-refractivity contribution is 6.05. The highest BCUT2D eigenvalue weighted by atomic mass is 16.6. The maximum Gasteiger partial charge on any atom is 0.269 e. The summed E-state index contributed by atoms with van der Waals surface area (Å²) in [6.07, 6.45) is 0.704. The highest BCUT2D eigenvalue weighted by Crippen LogP contribution is 2.51. The van der Waals surface area contributed by atoms with Crippen LogP contribution in [0.1, 0.15) is 61.2 Å². The molecule has 1 unspecified atom stereocenters. The van der Waals surface area contributed by atoms with Gasteiger partial charge in [0.1, 0.15) is 0 Å². The van der Waals surface area contributed by atoms with Crippen molar-refractivity contribution in [2.75, 3.05) is 10.2 Å². The largest absolute Gasteiger partial charge is 0.322 e. The minimum Gasteiger partial charge on any atom is -0.322 e. The number of hydrogen-bond acceptors (Lipinski definition) is 4. The van der Waals surface area contributed by atoms with E-state index >= 15 is 0 Å². The standard InChI is InChI=1S/C28H29N3O4/c1-18-6-10-21(11-7-18)28(5)17-27(3,4)30(19(2)32)25-15-12-22(16-24(25)28)29-26(33)20-8-13-23(14-9-20)31(34)35/h6-16H,17H2,1-5H3,(H,29,33). The Morgan fingerprint density at radius 2 is 1.60 bits per heavy atom. The molecular formula is C28H29N3O4. The number of rotatable bonds is 4. The number of nitrogens with one attached hydrogen (secondary N) is 1. The van der Waals surface area contributed by atoms with Crippen LogP contribution in [-0.2, 0) is 10.2 Å². The third kappa shape index (κ3) is 4.41. The first-order valence-electron chi connectivity index (χ1n) is 11.5. The van der Waals surface area contributed by atoms with Gasteiger partial charge in [0.15, 0.2) is 0 Å². The van der Waals surface area contributed by atoms with Crippen LogP contribution in [0.5, 0.6) is 0 Å². The third-order valence-corrected chi connectivity index (χ3v) is 6.83. The lowest BCUT2D eigenvalue weighted by atomic mass is 9.65. The lowest BCUT2D eigenvalue weighted by Crippen LogP contribution is -2.55. The molecule has 4 rings (SSSR count). The number of carbonyl (C=O) groups is 2. The van der Waals surface area contributed by atoms with Crippen LogP contribution in [0.2, 0.25) is 0 Å². The molecule has 0 aromatic heterocycles. The normalized spacial score (nSPS) is 18.5. The van der Waals surface area contributed by atoms with Crippen molar-refractivity contribution in [3.05, 3.63) is 99.1 Å². The molecule has 0 spiro atoms. The molecule has 0 aliphatic carbocycles. The number of carbonyl (C=O) groups excluding carboxylic acids is 2. The Morgan fingerprint density at radius 3 is 2.17 bits per heavy atom. The van der Waals surface area contributed by atoms with Crippen molar-refractivity contribution in [2.45, 2.75) is 52.0 Å². The van der Waals surface area contributed by atoms with Gasteiger partial charge in [-0.1, -0.05) is 36.8 Å². The molecule has 7 heteroatoms. The lowest BCUT2D eigenvalue weighted by molar-refractivity contribution is -0.384. The molecule has 3 aromatic rings. The summed E-state index contributed by atoms with van der Waals surface area (Å²) in [5.41, 5.74) is 4.12. The first kappa shape index (κ1) is 24.1. The fourth-order valence-corrected chi connectivity index (χ4v) is 5.33. The monoisotopic (exact) mass is 471 g/mol. The number of non-ortho nitro benzene ring substituents is 1. The zero-order valence-electron chi connectivity index (χ0n) is 20.6. The smallest absolute Gasteiger partial charge is 0.269 e. The van der Waals surface area contributed by atoms with E-state index < -0.39 is 15.9 Å². The Hall–Kier alpha value is -4.00. The van der Waals surface area contributed by atoms with Crippen molar-refractivity contribution in [3.63, 3.8) is 0 Å². The Balaban J connectivity index is 1.77. The fourth-order valence-electron chi connectivity index (χ4n) is 5.33. The second kappa shape index (κ2) is 8.65. The van der Waals surface area contributed by atoms with Crippen LogP contribution in [-0.4, -0.2) is 22.3 Å². The van der Waals surface area contributed by atoms with E-state index in [2.05, 4.69) is 50.4 Å². The van der Waals surface area contributed by atoms with E-state index in [1.807, 2.05) is 24.0 Å². The molecule has 2 amide bonds. The van der Waals surface area contributed by atoms with Gasteiger partial charge in [0.25, 0.3) is 11.6 Å². The SMILES string of the molecule is CC(=O)N1c2ccc(NC(=O)c3ccc([N+](=O)[O-])cc3)cc2C(C)(c2ccc(C)cc2)CC1(C)C. The second-order valence-corrected chi connectivity index (χ2v) is 10.0. The number of nitrogens with zero attached hydrogens (tertiary/aromatic N) is 2. The van der Waals surface area contributed by atoms with E-state index in [4.69, 9.17) is 0 Å². The highest BCUT2D eigenvalue weighted by Gasteiger charge is 2.47. The molecule has 1 aliphatic heterocycles. The number of hydrogen-bond donors (Lipinski definition) is 1. The number of benzene rings is 3. The number of anilines is 2. The second-order valence-electron chi connectivity index (χ2n) is 10.0. The van der Waals surface area contributed by atoms with Crippen molar-refractivity contribution in [2.24, 2.45) is 0 Å². The minimum absolute atomic E-state index is 0.0372. The van der Waals surface area contributed by atoms with Crippen molar-refractivity contribution in [3.8, 4) is 0 Å². The summed E-state index contributed by atoms with van der Waals surface area (Å²) in [6, 6.07) is 19.5. The molecule has 35 heavy (non-hydrogen) atoms. The van der Waals surface area contributed by atoms with Crippen molar-refractivity contribution < 1.29 is 14.5 Å². The third-order valence-electron chi connectivity index (χ3n) is 6.83. The van der Waals surface area contributed by atoms with E-state index in [1.165, 1.54) is 29.8 Å². The molecule has 180 valence electrons. The van der Waals surface area contributed by atoms with Gasteiger partial charge in [-0.05, 0) is 68.7 Å². The molecule has 0 saturated heterocycles. The molecule has 1 aliphatic rings. The van der Waals surface area contributed by atoms with Gasteiger partial charge in [-0.2, -0.15) is 0 Å². The Kier molecular flexibility index (Phi) is 5.97. The van der Waals surface area contributed by atoms with E-state index in [0.717, 1.165) is 16.8 Å². The van der Waals surface area contributed by atoms with Gasteiger partial charge in [0.2, 0.25) is 5.91 Å². The molecule has 3 aromatic carbocycles. The van der Waals surface area contributed by atoms with E-state index in [1.54, 1.807) is 13.0 Å². The van der Waals surface area contributed by atoms with Gasteiger partial charge >= 0.3 is 0 Å². The molecule has 1 N–H and O–H groups in total. The van der Waals surface area contributed by atoms with Gasteiger partial charge in [-0.25, -0.2) is 0 Å². The first-order valence-corrected chi connectivity index (χ1v) is 11.5. The van der Waals surface area contributed by atoms with Crippen LogP contribution < -0.4 is 10.2 Å². The van der Waals surface area contributed by atoms with Crippen LogP contribution in [0.15, 0.2) is 66.7 Å². The number of aryl methyl sites for hydroxylation is 1. The Labute approximate surface area is 204 Å². The topological polar surface area (TPSA) is 92.6 Å². The summed E-state index contributed by atoms with van der Waals surface area (Å²) in [4.78, 5) is 37.8. The number of amides is 2. The number of nitro groups is 1. The van der Waals surface area contributed by atoms with Gasteiger partial charge in [-0.3, -0.25) is 19.7 Å². The minimum atomic E-state index is -0.501.